The minimum Gasteiger partial charge on any atom is -0.396 e. The Labute approximate surface area is 94.1 Å². The normalized spacial score (nSPS) is 24.0. The van der Waals surface area contributed by atoms with Crippen LogP contribution in [0.5, 0.6) is 0 Å². The maximum atomic E-state index is 9.20. The molecule has 0 aromatic carbocycles. The second kappa shape index (κ2) is 4.90. The summed E-state index contributed by atoms with van der Waals surface area (Å²) in [4.78, 5) is 0. The Balaban J connectivity index is 2.12. The van der Waals surface area contributed by atoms with E-state index in [1.807, 2.05) is 0 Å². The Morgan fingerprint density at radius 2 is 2.44 bits per heavy atom. The number of nitrogens with zero attached hydrogens (tertiary/aromatic N) is 3. The molecule has 0 aliphatic heterocycles. The Bertz CT molecular complexity index is 401. The molecule has 1 aliphatic rings. The maximum Gasteiger partial charge on any atom is 0.166 e. The average Bonchev–Trinajstić information content (AvgIpc) is 2.77. The van der Waals surface area contributed by atoms with E-state index in [-0.39, 0.29) is 18.6 Å². The van der Waals surface area contributed by atoms with Crippen molar-refractivity contribution in [1.82, 2.24) is 10.2 Å². The lowest BCUT2D eigenvalue weighted by molar-refractivity contribution is 0.222. The highest BCUT2D eigenvalue weighted by atomic mass is 16.3. The van der Waals surface area contributed by atoms with Crippen LogP contribution in [-0.4, -0.2) is 28.0 Å². The molecule has 0 saturated heterocycles. The molecule has 1 fully saturated rings. The van der Waals surface area contributed by atoms with E-state index >= 15 is 0 Å². The number of aliphatic hydroxyl groups excluding tert-OH is 1. The van der Waals surface area contributed by atoms with Crippen LogP contribution >= 0.6 is 0 Å². The summed E-state index contributed by atoms with van der Waals surface area (Å²) in [6.07, 6.45) is 4.63. The van der Waals surface area contributed by atoms with E-state index in [9.17, 15) is 5.11 Å². The summed E-state index contributed by atoms with van der Waals surface area (Å²) in [6, 6.07) is 3.91. The third-order valence-corrected chi connectivity index (χ3v) is 3.06. The Morgan fingerprint density at radius 1 is 1.56 bits per heavy atom. The molecule has 0 radical (unpaired) electrons. The largest absolute Gasteiger partial charge is 0.396 e. The molecule has 0 spiro atoms. The van der Waals surface area contributed by atoms with Gasteiger partial charge in [-0.3, -0.25) is 0 Å². The zero-order valence-corrected chi connectivity index (χ0v) is 8.93. The monoisotopic (exact) mass is 218 g/mol. The van der Waals surface area contributed by atoms with E-state index in [2.05, 4.69) is 21.6 Å². The zero-order valence-electron chi connectivity index (χ0n) is 8.93. The van der Waals surface area contributed by atoms with Crippen molar-refractivity contribution in [3.8, 4) is 6.07 Å². The molecule has 16 heavy (non-hydrogen) atoms. The van der Waals surface area contributed by atoms with Gasteiger partial charge in [-0.2, -0.15) is 10.4 Å². The molecule has 0 amide bonds. The highest BCUT2D eigenvalue weighted by molar-refractivity contribution is 5.50. The van der Waals surface area contributed by atoms with Gasteiger partial charge in [0.1, 0.15) is 6.07 Å². The molecule has 1 aromatic heterocycles. The molecule has 5 nitrogen and oxygen atoms in total. The smallest absolute Gasteiger partial charge is 0.166 e. The lowest BCUT2D eigenvalue weighted by Crippen LogP contribution is -2.27. The van der Waals surface area contributed by atoms with E-state index < -0.39 is 0 Å². The first-order valence-electron chi connectivity index (χ1n) is 5.44. The third kappa shape index (κ3) is 2.12. The number of rotatable bonds is 3. The van der Waals surface area contributed by atoms with Crippen LogP contribution in [-0.2, 0) is 0 Å². The molecule has 5 heteroatoms. The van der Waals surface area contributed by atoms with Crippen LogP contribution in [0.25, 0.3) is 0 Å². The lowest BCUT2D eigenvalue weighted by atomic mass is 10.1. The highest BCUT2D eigenvalue weighted by Gasteiger charge is 2.27. The van der Waals surface area contributed by atoms with Crippen LogP contribution in [0, 0.1) is 17.2 Å². The van der Waals surface area contributed by atoms with Gasteiger partial charge in [-0.15, -0.1) is 5.10 Å². The number of nitrogens with one attached hydrogen (secondary N) is 1. The van der Waals surface area contributed by atoms with E-state index in [4.69, 9.17) is 5.26 Å². The van der Waals surface area contributed by atoms with Crippen molar-refractivity contribution in [3.05, 3.63) is 17.8 Å². The molecule has 2 unspecified atom stereocenters. The van der Waals surface area contributed by atoms with Gasteiger partial charge in [-0.1, -0.05) is 6.42 Å². The molecule has 1 saturated carbocycles. The topological polar surface area (TPSA) is 81.8 Å². The van der Waals surface area contributed by atoms with Crippen molar-refractivity contribution in [1.29, 1.82) is 5.26 Å². The average molecular weight is 218 g/mol. The molecule has 2 N–H and O–H groups in total. The van der Waals surface area contributed by atoms with Crippen LogP contribution in [0.1, 0.15) is 24.8 Å². The first kappa shape index (κ1) is 10.8. The SMILES string of the molecule is N#Cc1ccnnc1NC1CCCC1CO. The summed E-state index contributed by atoms with van der Waals surface area (Å²) in [6.45, 7) is 0.180. The number of aromatic nitrogens is 2. The summed E-state index contributed by atoms with van der Waals surface area (Å²) in [7, 11) is 0. The number of hydrogen-bond donors (Lipinski definition) is 2. The predicted octanol–water partition coefficient (Wildman–Crippen LogP) is 0.921. The highest BCUT2D eigenvalue weighted by Crippen LogP contribution is 2.28. The minimum absolute atomic E-state index is 0.180. The van der Waals surface area contributed by atoms with E-state index in [1.54, 1.807) is 6.07 Å². The van der Waals surface area contributed by atoms with Crippen molar-refractivity contribution in [3.63, 3.8) is 0 Å². The Kier molecular flexibility index (Phi) is 3.32. The van der Waals surface area contributed by atoms with Gasteiger partial charge >= 0.3 is 0 Å². The van der Waals surface area contributed by atoms with Gasteiger partial charge in [0, 0.05) is 18.6 Å². The quantitative estimate of drug-likeness (QED) is 0.788. The molecule has 2 rings (SSSR count). The number of nitriles is 1. The van der Waals surface area contributed by atoms with Gasteiger partial charge in [0.2, 0.25) is 0 Å². The first-order chi connectivity index (χ1) is 7.85. The van der Waals surface area contributed by atoms with Gasteiger partial charge < -0.3 is 10.4 Å². The number of aliphatic hydroxyl groups is 1. The fraction of sp³-hybridized carbons (Fsp3) is 0.545. The summed E-state index contributed by atoms with van der Waals surface area (Å²) in [5.41, 5.74) is 0.499. The third-order valence-electron chi connectivity index (χ3n) is 3.06. The van der Waals surface area contributed by atoms with Gasteiger partial charge in [-0.25, -0.2) is 0 Å². The standard InChI is InChI=1S/C11H14N4O/c12-6-8-4-5-13-15-11(8)14-10-3-1-2-9(10)7-16/h4-5,9-10,16H,1-3,7H2,(H,14,15). The van der Waals surface area contributed by atoms with Gasteiger partial charge in [-0.05, 0) is 18.9 Å². The van der Waals surface area contributed by atoms with Crippen molar-refractivity contribution in [2.75, 3.05) is 11.9 Å². The van der Waals surface area contributed by atoms with Crippen molar-refractivity contribution >= 4 is 5.82 Å². The second-order valence-corrected chi connectivity index (χ2v) is 4.03. The molecule has 2 atom stereocenters. The molecular formula is C11H14N4O. The second-order valence-electron chi connectivity index (χ2n) is 4.03. The van der Waals surface area contributed by atoms with E-state index in [1.165, 1.54) is 6.20 Å². The van der Waals surface area contributed by atoms with Crippen LogP contribution in [0.15, 0.2) is 12.3 Å². The minimum atomic E-state index is 0.180. The van der Waals surface area contributed by atoms with Crippen LogP contribution in [0.3, 0.4) is 0 Å². The van der Waals surface area contributed by atoms with Crippen molar-refractivity contribution in [2.45, 2.75) is 25.3 Å². The Morgan fingerprint density at radius 3 is 3.19 bits per heavy atom. The van der Waals surface area contributed by atoms with Gasteiger partial charge in [0.15, 0.2) is 5.82 Å². The van der Waals surface area contributed by atoms with E-state index in [0.717, 1.165) is 19.3 Å². The summed E-state index contributed by atoms with van der Waals surface area (Å²) < 4.78 is 0. The number of hydrogen-bond acceptors (Lipinski definition) is 5. The molecule has 1 aromatic rings. The lowest BCUT2D eigenvalue weighted by Gasteiger charge is -2.19. The Hall–Kier alpha value is -1.67. The number of anilines is 1. The van der Waals surface area contributed by atoms with Crippen molar-refractivity contribution in [2.24, 2.45) is 5.92 Å². The first-order valence-corrected chi connectivity index (χ1v) is 5.44. The molecular weight excluding hydrogens is 204 g/mol. The zero-order chi connectivity index (χ0) is 11.4. The molecule has 1 aliphatic carbocycles. The van der Waals surface area contributed by atoms with Crippen molar-refractivity contribution < 1.29 is 5.11 Å². The van der Waals surface area contributed by atoms with E-state index in [0.29, 0.717) is 11.4 Å². The summed E-state index contributed by atoms with van der Waals surface area (Å²) >= 11 is 0. The summed E-state index contributed by atoms with van der Waals surface area (Å²) in [5, 5.41) is 29.0. The van der Waals surface area contributed by atoms with Crippen LogP contribution in [0.4, 0.5) is 5.82 Å². The van der Waals surface area contributed by atoms with Crippen LogP contribution < -0.4 is 5.32 Å². The fourth-order valence-corrected chi connectivity index (χ4v) is 2.15. The van der Waals surface area contributed by atoms with Gasteiger partial charge in [0.05, 0.1) is 11.8 Å². The maximum absolute atomic E-state index is 9.20. The molecule has 84 valence electrons. The summed E-state index contributed by atoms with van der Waals surface area (Å²) in [5.74, 6) is 0.781. The molecule has 0 bridgehead atoms. The predicted molar refractivity (Wildman–Crippen MR) is 58.6 cm³/mol. The fourth-order valence-electron chi connectivity index (χ4n) is 2.15. The molecule has 1 heterocycles. The van der Waals surface area contributed by atoms with Crippen LogP contribution in [0.2, 0.25) is 0 Å². The van der Waals surface area contributed by atoms with Gasteiger partial charge in [0.25, 0.3) is 0 Å².